The first-order valence-corrected chi connectivity index (χ1v) is 10.3. The summed E-state index contributed by atoms with van der Waals surface area (Å²) in [6.07, 6.45) is 5.46. The molecule has 1 aliphatic rings. The van der Waals surface area contributed by atoms with Crippen LogP contribution in [0.5, 0.6) is 5.75 Å². The molecule has 2 aromatic heterocycles. The molecule has 0 bridgehead atoms. The predicted molar refractivity (Wildman–Crippen MR) is 116 cm³/mol. The summed E-state index contributed by atoms with van der Waals surface area (Å²) in [4.78, 5) is 12.7. The molecule has 31 heavy (non-hydrogen) atoms. The Bertz CT molecular complexity index is 1190. The van der Waals surface area contributed by atoms with Crippen molar-refractivity contribution in [2.24, 2.45) is 5.41 Å². The molecule has 0 saturated heterocycles. The van der Waals surface area contributed by atoms with Crippen molar-refractivity contribution in [1.82, 2.24) is 9.78 Å². The first-order valence-electron chi connectivity index (χ1n) is 10.3. The zero-order valence-electron chi connectivity index (χ0n) is 17.9. The largest absolute Gasteiger partial charge is 0.618 e. The number of fused-ring (bicyclic) bond motifs is 1. The number of rotatable bonds is 4. The molecule has 8 nitrogen and oxygen atoms in total. The SMILES string of the molecule is COc1cc2nn([C@H]3CC[C@](C)(C#N)CC3)cc2cc1NC(=O)c1cccc(C)[n+]1[O-]. The molecule has 1 fully saturated rings. The zero-order valence-corrected chi connectivity index (χ0v) is 17.9. The maximum absolute atomic E-state index is 12.7. The average molecular weight is 419 g/mol. The minimum Gasteiger partial charge on any atom is -0.618 e. The van der Waals surface area contributed by atoms with Gasteiger partial charge in [0, 0.05) is 36.7 Å². The fourth-order valence-electron chi connectivity index (χ4n) is 4.10. The van der Waals surface area contributed by atoms with E-state index in [-0.39, 0.29) is 17.2 Å². The molecule has 160 valence electrons. The van der Waals surface area contributed by atoms with E-state index in [2.05, 4.69) is 11.4 Å². The zero-order chi connectivity index (χ0) is 22.2. The highest BCUT2D eigenvalue weighted by atomic mass is 16.5. The van der Waals surface area contributed by atoms with Gasteiger partial charge in [0.15, 0.2) is 5.69 Å². The molecule has 3 aromatic rings. The Morgan fingerprint density at radius 2 is 2.13 bits per heavy atom. The lowest BCUT2D eigenvalue weighted by atomic mass is 9.75. The molecule has 2 heterocycles. The van der Waals surface area contributed by atoms with E-state index < -0.39 is 5.91 Å². The summed E-state index contributed by atoms with van der Waals surface area (Å²) in [5.41, 5.74) is 1.44. The van der Waals surface area contributed by atoms with Gasteiger partial charge in [-0.3, -0.25) is 9.48 Å². The molecule has 0 unspecified atom stereocenters. The van der Waals surface area contributed by atoms with Crippen LogP contribution in [0, 0.1) is 28.9 Å². The summed E-state index contributed by atoms with van der Waals surface area (Å²) in [6, 6.07) is 11.1. The average Bonchev–Trinajstić information content (AvgIpc) is 3.18. The van der Waals surface area contributed by atoms with Crippen molar-refractivity contribution in [2.75, 3.05) is 12.4 Å². The molecule has 1 aliphatic carbocycles. The molecule has 1 N–H and O–H groups in total. The van der Waals surface area contributed by atoms with E-state index in [9.17, 15) is 15.3 Å². The minimum absolute atomic E-state index is 0.0144. The van der Waals surface area contributed by atoms with Gasteiger partial charge in [-0.25, -0.2) is 0 Å². The number of carbonyl (C=O) groups is 1. The molecular formula is C23H25N5O3. The van der Waals surface area contributed by atoms with Gasteiger partial charge in [0.25, 0.3) is 5.69 Å². The Hall–Kier alpha value is -3.60. The number of hydrogen-bond donors (Lipinski definition) is 1. The van der Waals surface area contributed by atoms with Gasteiger partial charge in [0.2, 0.25) is 0 Å². The number of aromatic nitrogens is 3. The van der Waals surface area contributed by atoms with E-state index in [1.165, 1.54) is 13.2 Å². The quantitative estimate of drug-likeness (QED) is 0.510. The number of pyridine rings is 1. The van der Waals surface area contributed by atoms with Crippen molar-refractivity contribution in [3.8, 4) is 11.8 Å². The summed E-state index contributed by atoms with van der Waals surface area (Å²) in [7, 11) is 1.53. The lowest BCUT2D eigenvalue weighted by molar-refractivity contribution is -0.614. The fraction of sp³-hybridized carbons (Fsp3) is 0.391. The second kappa shape index (κ2) is 7.91. The molecule has 0 atom stereocenters. The standard InChI is InChI=1S/C23H25N5O3/c1-15-5-4-6-20(28(15)30)22(29)25-19-11-16-13-27(26-18(16)12-21(19)31-3)17-7-9-23(2,14-24)10-8-17/h4-6,11-13,17H,7-10H2,1-3H3,(H,25,29)/t17-,23-. The van der Waals surface area contributed by atoms with Crippen LogP contribution >= 0.6 is 0 Å². The summed E-state index contributed by atoms with van der Waals surface area (Å²) >= 11 is 0. The molecule has 0 spiro atoms. The van der Waals surface area contributed by atoms with Gasteiger partial charge >= 0.3 is 5.91 Å². The topological polar surface area (TPSA) is 107 Å². The number of nitrogens with zero attached hydrogens (tertiary/aromatic N) is 4. The minimum atomic E-state index is -0.508. The van der Waals surface area contributed by atoms with Gasteiger partial charge in [-0.1, -0.05) is 0 Å². The number of carbonyl (C=O) groups excluding carboxylic acids is 1. The number of anilines is 1. The second-order valence-corrected chi connectivity index (χ2v) is 8.42. The lowest BCUT2D eigenvalue weighted by Crippen LogP contribution is -2.39. The Morgan fingerprint density at radius 1 is 1.39 bits per heavy atom. The predicted octanol–water partition coefficient (Wildman–Crippen LogP) is 3.88. The molecule has 0 radical (unpaired) electrons. The smallest absolute Gasteiger partial charge is 0.321 e. The first kappa shape index (κ1) is 20.7. The number of methoxy groups -OCH3 is 1. The van der Waals surface area contributed by atoms with Crippen LogP contribution in [-0.2, 0) is 0 Å². The number of nitriles is 1. The second-order valence-electron chi connectivity index (χ2n) is 8.42. The van der Waals surface area contributed by atoms with Gasteiger partial charge in [0.05, 0.1) is 35.8 Å². The molecular weight excluding hydrogens is 394 g/mol. The molecule has 0 aliphatic heterocycles. The third kappa shape index (κ3) is 3.91. The van der Waals surface area contributed by atoms with E-state index in [1.54, 1.807) is 25.1 Å². The first-order chi connectivity index (χ1) is 14.8. The van der Waals surface area contributed by atoms with Crippen LogP contribution in [-0.4, -0.2) is 22.8 Å². The third-order valence-corrected chi connectivity index (χ3v) is 6.16. The summed E-state index contributed by atoms with van der Waals surface area (Å²) in [5, 5.41) is 29.9. The Labute approximate surface area is 180 Å². The fourth-order valence-corrected chi connectivity index (χ4v) is 4.10. The van der Waals surface area contributed by atoms with Crippen LogP contribution in [0.25, 0.3) is 10.9 Å². The van der Waals surface area contributed by atoms with Gasteiger partial charge in [-0.05, 0) is 44.7 Å². The van der Waals surface area contributed by atoms with Crippen molar-refractivity contribution in [3.63, 3.8) is 0 Å². The summed E-state index contributed by atoms with van der Waals surface area (Å²) in [6.45, 7) is 3.66. The van der Waals surface area contributed by atoms with E-state index in [0.717, 1.165) is 36.6 Å². The molecule has 1 aromatic carbocycles. The normalized spacial score (nSPS) is 20.9. The molecule has 4 rings (SSSR count). The number of nitrogens with one attached hydrogen (secondary N) is 1. The molecule has 1 saturated carbocycles. The van der Waals surface area contributed by atoms with Crippen LogP contribution in [0.15, 0.2) is 36.5 Å². The van der Waals surface area contributed by atoms with E-state index in [1.807, 2.05) is 23.9 Å². The summed E-state index contributed by atoms with van der Waals surface area (Å²) < 4.78 is 8.02. The van der Waals surface area contributed by atoms with Crippen molar-refractivity contribution in [2.45, 2.75) is 45.6 Å². The highest BCUT2D eigenvalue weighted by molar-refractivity contribution is 6.04. The maximum Gasteiger partial charge on any atom is 0.321 e. The van der Waals surface area contributed by atoms with Gasteiger partial charge < -0.3 is 15.3 Å². The molecule has 1 amide bonds. The van der Waals surface area contributed by atoms with Crippen molar-refractivity contribution >= 4 is 22.5 Å². The van der Waals surface area contributed by atoms with Gasteiger partial charge in [-0.15, -0.1) is 0 Å². The van der Waals surface area contributed by atoms with Gasteiger partial charge in [-0.2, -0.15) is 15.1 Å². The summed E-state index contributed by atoms with van der Waals surface area (Å²) in [5.74, 6) is -0.0382. The van der Waals surface area contributed by atoms with Crippen molar-refractivity contribution in [1.29, 1.82) is 5.26 Å². The number of ether oxygens (including phenoxy) is 1. The Balaban J connectivity index is 1.61. The van der Waals surface area contributed by atoms with Crippen LogP contribution in [0.1, 0.15) is 54.8 Å². The van der Waals surface area contributed by atoms with Crippen LogP contribution in [0.2, 0.25) is 0 Å². The van der Waals surface area contributed by atoms with Crippen LogP contribution < -0.4 is 14.8 Å². The lowest BCUT2D eigenvalue weighted by Gasteiger charge is -2.31. The van der Waals surface area contributed by atoms with Crippen molar-refractivity contribution < 1.29 is 14.3 Å². The highest BCUT2D eigenvalue weighted by Crippen LogP contribution is 2.40. The van der Waals surface area contributed by atoms with Gasteiger partial charge in [0.1, 0.15) is 5.75 Å². The van der Waals surface area contributed by atoms with E-state index in [4.69, 9.17) is 9.84 Å². The Kier molecular flexibility index (Phi) is 5.27. The van der Waals surface area contributed by atoms with Crippen LogP contribution in [0.4, 0.5) is 5.69 Å². The van der Waals surface area contributed by atoms with E-state index >= 15 is 0 Å². The number of aryl methyl sites for hydroxylation is 1. The number of benzene rings is 1. The third-order valence-electron chi connectivity index (χ3n) is 6.16. The highest BCUT2D eigenvalue weighted by Gasteiger charge is 2.32. The maximum atomic E-state index is 12.7. The number of hydrogen-bond acceptors (Lipinski definition) is 5. The number of amides is 1. The van der Waals surface area contributed by atoms with Crippen molar-refractivity contribution in [3.05, 3.63) is 53.1 Å². The van der Waals surface area contributed by atoms with Crippen LogP contribution in [0.3, 0.4) is 0 Å². The molecule has 8 heteroatoms. The monoisotopic (exact) mass is 419 g/mol. The van der Waals surface area contributed by atoms with E-state index in [0.29, 0.717) is 21.9 Å². The Morgan fingerprint density at radius 3 is 2.81 bits per heavy atom.